The number of likely N-dealkylation sites (tertiary alicyclic amines) is 1. The minimum atomic E-state index is 0.0397. The van der Waals surface area contributed by atoms with Crippen LogP contribution in [-0.4, -0.2) is 40.1 Å². The zero-order chi connectivity index (χ0) is 17.2. The van der Waals surface area contributed by atoms with Crippen LogP contribution in [-0.2, 0) is 11.3 Å². The SMILES string of the molecule is Cc1ccc(-c2noc(CNC(=O)CCN3C[C@H]4CC[C@@H]3C4)n2)cc1. The van der Waals surface area contributed by atoms with Gasteiger partial charge in [-0.2, -0.15) is 4.98 Å². The minimum absolute atomic E-state index is 0.0397. The number of fused-ring (bicyclic) bond motifs is 2. The molecule has 0 unspecified atom stereocenters. The number of rotatable bonds is 6. The lowest BCUT2D eigenvalue weighted by molar-refractivity contribution is -0.121. The molecule has 2 aliphatic rings. The van der Waals surface area contributed by atoms with Crippen molar-refractivity contribution in [3.63, 3.8) is 0 Å². The van der Waals surface area contributed by atoms with Crippen LogP contribution in [0.1, 0.15) is 37.1 Å². The Kier molecular flexibility index (Phi) is 4.53. The summed E-state index contributed by atoms with van der Waals surface area (Å²) in [6.45, 7) is 4.34. The second kappa shape index (κ2) is 6.96. The van der Waals surface area contributed by atoms with Crippen LogP contribution in [0.2, 0.25) is 0 Å². The molecule has 2 atom stereocenters. The van der Waals surface area contributed by atoms with E-state index >= 15 is 0 Å². The Morgan fingerprint density at radius 2 is 2.16 bits per heavy atom. The molecule has 1 N–H and O–H groups in total. The average Bonchev–Trinajstić information content (AvgIpc) is 3.35. The molecule has 25 heavy (non-hydrogen) atoms. The van der Waals surface area contributed by atoms with Gasteiger partial charge in [0.1, 0.15) is 0 Å². The lowest BCUT2D eigenvalue weighted by Crippen LogP contribution is -2.35. The Bertz CT molecular complexity index is 740. The van der Waals surface area contributed by atoms with Crippen LogP contribution in [0.5, 0.6) is 0 Å². The second-order valence-electron chi connectivity index (χ2n) is 7.23. The topological polar surface area (TPSA) is 71.3 Å². The Morgan fingerprint density at radius 1 is 1.32 bits per heavy atom. The van der Waals surface area contributed by atoms with E-state index in [1.54, 1.807) is 0 Å². The molecule has 0 spiro atoms. The first-order valence-electron chi connectivity index (χ1n) is 9.08. The number of nitrogens with zero attached hydrogens (tertiary/aromatic N) is 3. The van der Waals surface area contributed by atoms with E-state index in [1.807, 2.05) is 31.2 Å². The van der Waals surface area contributed by atoms with Crippen molar-refractivity contribution >= 4 is 5.91 Å². The first-order chi connectivity index (χ1) is 12.2. The molecule has 132 valence electrons. The predicted molar refractivity (Wildman–Crippen MR) is 93.6 cm³/mol. The Hall–Kier alpha value is -2.21. The molecule has 2 aromatic rings. The maximum absolute atomic E-state index is 12.1. The van der Waals surface area contributed by atoms with Gasteiger partial charge in [-0.05, 0) is 32.1 Å². The largest absolute Gasteiger partial charge is 0.347 e. The maximum atomic E-state index is 12.1. The molecular formula is C19H24N4O2. The van der Waals surface area contributed by atoms with Gasteiger partial charge in [0.15, 0.2) is 0 Å². The van der Waals surface area contributed by atoms with Gasteiger partial charge in [-0.15, -0.1) is 0 Å². The van der Waals surface area contributed by atoms with Crippen LogP contribution in [0.25, 0.3) is 11.4 Å². The molecule has 6 heteroatoms. The second-order valence-corrected chi connectivity index (χ2v) is 7.23. The van der Waals surface area contributed by atoms with Crippen molar-refractivity contribution in [1.82, 2.24) is 20.4 Å². The van der Waals surface area contributed by atoms with E-state index < -0.39 is 0 Å². The first-order valence-corrected chi connectivity index (χ1v) is 9.08. The number of carbonyl (C=O) groups is 1. The fourth-order valence-corrected chi connectivity index (χ4v) is 3.95. The van der Waals surface area contributed by atoms with E-state index in [2.05, 4.69) is 20.4 Å². The molecule has 1 aromatic heterocycles. The number of benzene rings is 1. The molecular weight excluding hydrogens is 316 g/mol. The predicted octanol–water partition coefficient (Wildman–Crippen LogP) is 2.54. The third-order valence-corrected chi connectivity index (χ3v) is 5.36. The smallest absolute Gasteiger partial charge is 0.246 e. The number of piperidine rings is 1. The monoisotopic (exact) mass is 340 g/mol. The molecule has 1 aliphatic heterocycles. The van der Waals surface area contributed by atoms with Crippen LogP contribution in [0, 0.1) is 12.8 Å². The summed E-state index contributed by atoms with van der Waals surface area (Å²) in [5.74, 6) is 1.89. The van der Waals surface area contributed by atoms with Crippen LogP contribution in [0.4, 0.5) is 0 Å². The third-order valence-electron chi connectivity index (χ3n) is 5.36. The highest BCUT2D eigenvalue weighted by molar-refractivity contribution is 5.75. The summed E-state index contributed by atoms with van der Waals surface area (Å²) in [7, 11) is 0. The fraction of sp³-hybridized carbons (Fsp3) is 0.526. The number of hydrogen-bond acceptors (Lipinski definition) is 5. The summed E-state index contributed by atoms with van der Waals surface area (Å²) in [6.07, 6.45) is 4.53. The molecule has 2 fully saturated rings. The van der Waals surface area contributed by atoms with Gasteiger partial charge >= 0.3 is 0 Å². The zero-order valence-electron chi connectivity index (χ0n) is 14.6. The van der Waals surface area contributed by atoms with Crippen LogP contribution >= 0.6 is 0 Å². The summed E-state index contributed by atoms with van der Waals surface area (Å²) in [4.78, 5) is 18.9. The van der Waals surface area contributed by atoms with Gasteiger partial charge in [-0.3, -0.25) is 9.69 Å². The number of amides is 1. The number of aromatic nitrogens is 2. The molecule has 1 aliphatic carbocycles. The van der Waals surface area contributed by atoms with Crippen molar-refractivity contribution in [2.24, 2.45) is 5.92 Å². The summed E-state index contributed by atoms with van der Waals surface area (Å²) in [5.41, 5.74) is 2.10. The van der Waals surface area contributed by atoms with Crippen molar-refractivity contribution in [3.8, 4) is 11.4 Å². The lowest BCUT2D eigenvalue weighted by Gasteiger charge is -2.26. The first kappa shape index (κ1) is 16.3. The summed E-state index contributed by atoms with van der Waals surface area (Å²) < 4.78 is 5.23. The molecule has 2 heterocycles. The molecule has 1 aromatic carbocycles. The highest BCUT2D eigenvalue weighted by Crippen LogP contribution is 2.37. The summed E-state index contributed by atoms with van der Waals surface area (Å²) in [5, 5.41) is 6.86. The summed E-state index contributed by atoms with van der Waals surface area (Å²) in [6, 6.07) is 8.67. The van der Waals surface area contributed by atoms with Gasteiger partial charge in [0, 0.05) is 31.1 Å². The Balaban J connectivity index is 1.24. The zero-order valence-corrected chi connectivity index (χ0v) is 14.6. The Morgan fingerprint density at radius 3 is 2.88 bits per heavy atom. The van der Waals surface area contributed by atoms with Crippen molar-refractivity contribution in [2.45, 2.75) is 45.2 Å². The standard InChI is InChI=1S/C19H24N4O2/c1-13-2-5-15(6-3-13)19-21-18(25-22-19)11-20-17(24)8-9-23-12-14-4-7-16(23)10-14/h2-3,5-6,14,16H,4,7-12H2,1H3,(H,20,24)/t14-,16+/m0/s1. The van der Waals surface area contributed by atoms with E-state index in [1.165, 1.54) is 31.4 Å². The van der Waals surface area contributed by atoms with Crippen LogP contribution in [0.3, 0.4) is 0 Å². The average molecular weight is 340 g/mol. The van der Waals surface area contributed by atoms with Gasteiger partial charge in [0.2, 0.25) is 17.6 Å². The van der Waals surface area contributed by atoms with Gasteiger partial charge in [0.25, 0.3) is 0 Å². The van der Waals surface area contributed by atoms with Crippen molar-refractivity contribution in [1.29, 1.82) is 0 Å². The van der Waals surface area contributed by atoms with Crippen molar-refractivity contribution < 1.29 is 9.32 Å². The van der Waals surface area contributed by atoms with Gasteiger partial charge in [0.05, 0.1) is 6.54 Å². The normalized spacial score (nSPS) is 22.4. The maximum Gasteiger partial charge on any atom is 0.246 e. The van der Waals surface area contributed by atoms with Gasteiger partial charge in [-0.25, -0.2) is 0 Å². The van der Waals surface area contributed by atoms with E-state index in [0.717, 1.165) is 18.0 Å². The third kappa shape index (κ3) is 3.74. The van der Waals surface area contributed by atoms with Gasteiger partial charge in [-0.1, -0.05) is 35.0 Å². The van der Waals surface area contributed by atoms with E-state index in [4.69, 9.17) is 4.52 Å². The molecule has 1 saturated heterocycles. The quantitative estimate of drug-likeness (QED) is 0.875. The minimum Gasteiger partial charge on any atom is -0.347 e. The molecule has 1 amide bonds. The highest BCUT2D eigenvalue weighted by Gasteiger charge is 2.37. The van der Waals surface area contributed by atoms with Crippen LogP contribution < -0.4 is 5.32 Å². The van der Waals surface area contributed by atoms with E-state index in [-0.39, 0.29) is 12.5 Å². The molecule has 6 nitrogen and oxygen atoms in total. The van der Waals surface area contributed by atoms with Crippen molar-refractivity contribution in [3.05, 3.63) is 35.7 Å². The number of aryl methyl sites for hydroxylation is 1. The summed E-state index contributed by atoms with van der Waals surface area (Å²) >= 11 is 0. The van der Waals surface area contributed by atoms with Crippen molar-refractivity contribution in [2.75, 3.05) is 13.1 Å². The number of hydrogen-bond donors (Lipinski definition) is 1. The highest BCUT2D eigenvalue weighted by atomic mass is 16.5. The fourth-order valence-electron chi connectivity index (χ4n) is 3.95. The van der Waals surface area contributed by atoms with E-state index in [0.29, 0.717) is 24.2 Å². The molecule has 0 radical (unpaired) electrons. The van der Waals surface area contributed by atoms with E-state index in [9.17, 15) is 4.79 Å². The lowest BCUT2D eigenvalue weighted by atomic mass is 10.1. The van der Waals surface area contributed by atoms with Gasteiger partial charge < -0.3 is 9.84 Å². The van der Waals surface area contributed by atoms with Crippen LogP contribution in [0.15, 0.2) is 28.8 Å². The molecule has 2 bridgehead atoms. The number of carbonyl (C=O) groups excluding carboxylic acids is 1. The molecule has 4 rings (SSSR count). The Labute approximate surface area is 147 Å². The number of nitrogens with one attached hydrogen (secondary N) is 1. The molecule has 1 saturated carbocycles.